The second-order valence-corrected chi connectivity index (χ2v) is 12.2. The van der Waals surface area contributed by atoms with Gasteiger partial charge in [-0.15, -0.1) is 10.2 Å². The number of aromatic nitrogens is 4. The number of anilines is 1. The topological polar surface area (TPSA) is 79.5 Å². The van der Waals surface area contributed by atoms with Crippen LogP contribution in [0.5, 0.6) is 5.75 Å². The van der Waals surface area contributed by atoms with E-state index in [0.29, 0.717) is 35.5 Å². The third kappa shape index (κ3) is 3.98. The lowest BCUT2D eigenvalue weighted by molar-refractivity contribution is -0.300. The molecule has 0 bridgehead atoms. The van der Waals surface area contributed by atoms with Gasteiger partial charge in [-0.2, -0.15) is 13.2 Å². The molecule has 0 atom stereocenters. The molecule has 7 rings (SSSR count). The van der Waals surface area contributed by atoms with Crippen LogP contribution in [0.3, 0.4) is 0 Å². The quantitative estimate of drug-likeness (QED) is 0.453. The molecule has 3 fully saturated rings. The summed E-state index contributed by atoms with van der Waals surface area (Å²) in [7, 11) is 1.50. The van der Waals surface area contributed by atoms with Crippen LogP contribution in [0.1, 0.15) is 48.8 Å². The van der Waals surface area contributed by atoms with E-state index < -0.39 is 23.6 Å². The third-order valence-electron chi connectivity index (χ3n) is 9.04. The van der Waals surface area contributed by atoms with Gasteiger partial charge in [-0.25, -0.2) is 9.37 Å². The SMILES string of the molecule is COc1cc(F)cnc1N1CC2(CC(c3nnc4n3-c3ccc(Cl)cc3CN(C3CC(O)(C(F)(F)F)C3)C4)C2)C1. The van der Waals surface area contributed by atoms with E-state index in [1.807, 2.05) is 21.6 Å². The molecule has 1 N–H and O–H groups in total. The van der Waals surface area contributed by atoms with Crippen LogP contribution in [-0.4, -0.2) is 67.8 Å². The summed E-state index contributed by atoms with van der Waals surface area (Å²) < 4.78 is 60.9. The predicted molar refractivity (Wildman–Crippen MR) is 137 cm³/mol. The number of hydrogen-bond donors (Lipinski definition) is 1. The molecule has 1 saturated heterocycles. The zero-order valence-electron chi connectivity index (χ0n) is 21.6. The number of methoxy groups -OCH3 is 1. The lowest BCUT2D eigenvalue weighted by Crippen LogP contribution is -2.62. The molecule has 2 aliphatic carbocycles. The monoisotopic (exact) mass is 578 g/mol. The highest BCUT2D eigenvalue weighted by atomic mass is 35.5. The molecule has 8 nitrogen and oxygen atoms in total. The van der Waals surface area contributed by atoms with E-state index in [4.69, 9.17) is 16.3 Å². The Morgan fingerprint density at radius 1 is 1.07 bits per heavy atom. The number of pyridine rings is 1. The Hall–Kier alpha value is -2.96. The van der Waals surface area contributed by atoms with Crippen molar-refractivity contribution in [3.8, 4) is 11.4 Å². The molecule has 2 aromatic heterocycles. The predicted octanol–water partition coefficient (Wildman–Crippen LogP) is 4.62. The van der Waals surface area contributed by atoms with Crippen LogP contribution in [0, 0.1) is 11.2 Å². The number of hydrogen-bond acceptors (Lipinski definition) is 7. The van der Waals surface area contributed by atoms with Crippen LogP contribution in [0.25, 0.3) is 5.69 Å². The van der Waals surface area contributed by atoms with Gasteiger partial charge in [0.2, 0.25) is 0 Å². The summed E-state index contributed by atoms with van der Waals surface area (Å²) in [6.45, 7) is 2.28. The first kappa shape index (κ1) is 26.0. The Bertz CT molecular complexity index is 1480. The van der Waals surface area contributed by atoms with Crippen LogP contribution >= 0.6 is 11.6 Å². The molecular formula is C27H27ClF4N6O2. The van der Waals surface area contributed by atoms with E-state index in [9.17, 15) is 22.7 Å². The smallest absolute Gasteiger partial charge is 0.417 e. The van der Waals surface area contributed by atoms with Gasteiger partial charge >= 0.3 is 6.18 Å². The van der Waals surface area contributed by atoms with E-state index in [0.717, 1.165) is 43.0 Å². The van der Waals surface area contributed by atoms with Crippen molar-refractivity contribution in [1.29, 1.82) is 0 Å². The molecule has 2 aliphatic heterocycles. The molecule has 4 aliphatic rings. The van der Waals surface area contributed by atoms with Crippen molar-refractivity contribution >= 4 is 17.4 Å². The lowest BCUT2D eigenvalue weighted by atomic mass is 9.57. The standard InChI is InChI=1S/C27H27ClF4N6O2/c1-40-21-5-18(29)10-33-24(21)37-13-25(14-37)6-16(7-25)23-35-34-22-12-36(19-8-26(39,9-19)27(30,31)32)11-15-4-17(28)2-3-20(15)38(22)23/h2-5,10,16,19,39H,6-9,11-14H2,1H3. The Kier molecular flexibility index (Phi) is 5.69. The highest BCUT2D eigenvalue weighted by Gasteiger charge is 2.62. The van der Waals surface area contributed by atoms with Crippen molar-refractivity contribution in [2.75, 3.05) is 25.1 Å². The number of fused-ring (bicyclic) bond motifs is 3. The number of ether oxygens (including phenoxy) is 1. The minimum absolute atomic E-state index is 0.103. The maximum absolute atomic E-state index is 13.6. The van der Waals surface area contributed by atoms with Gasteiger partial charge in [0.05, 0.1) is 25.5 Å². The maximum atomic E-state index is 13.6. The van der Waals surface area contributed by atoms with Crippen LogP contribution in [0.4, 0.5) is 23.4 Å². The second kappa shape index (κ2) is 8.77. The summed E-state index contributed by atoms with van der Waals surface area (Å²) in [4.78, 5) is 8.25. The van der Waals surface area contributed by atoms with Gasteiger partial charge in [0, 0.05) is 60.9 Å². The molecule has 4 heterocycles. The van der Waals surface area contributed by atoms with Gasteiger partial charge in [-0.3, -0.25) is 9.47 Å². The van der Waals surface area contributed by atoms with Crippen molar-refractivity contribution in [1.82, 2.24) is 24.6 Å². The van der Waals surface area contributed by atoms with Crippen molar-refractivity contribution in [3.63, 3.8) is 0 Å². The Morgan fingerprint density at radius 2 is 1.82 bits per heavy atom. The van der Waals surface area contributed by atoms with Crippen molar-refractivity contribution in [3.05, 3.63) is 58.5 Å². The summed E-state index contributed by atoms with van der Waals surface area (Å²) >= 11 is 6.32. The van der Waals surface area contributed by atoms with Gasteiger partial charge in [-0.1, -0.05) is 11.6 Å². The molecule has 13 heteroatoms. The van der Waals surface area contributed by atoms with Gasteiger partial charge < -0.3 is 14.7 Å². The number of alkyl halides is 3. The van der Waals surface area contributed by atoms with Gasteiger partial charge in [0.1, 0.15) is 11.6 Å². The molecular weight excluding hydrogens is 552 g/mol. The molecule has 0 radical (unpaired) electrons. The zero-order chi connectivity index (χ0) is 28.0. The average Bonchev–Trinajstić information content (AvgIpc) is 3.15. The van der Waals surface area contributed by atoms with Gasteiger partial charge in [-0.05, 0) is 36.6 Å². The molecule has 1 aromatic carbocycles. The van der Waals surface area contributed by atoms with E-state index >= 15 is 0 Å². The Labute approximate surface area is 232 Å². The van der Waals surface area contributed by atoms with Crippen LogP contribution in [0.15, 0.2) is 30.5 Å². The first-order valence-corrected chi connectivity index (χ1v) is 13.6. The van der Waals surface area contributed by atoms with Crippen molar-refractivity contribution in [2.45, 2.75) is 62.5 Å². The van der Waals surface area contributed by atoms with Gasteiger partial charge in [0.25, 0.3) is 0 Å². The van der Waals surface area contributed by atoms with E-state index in [-0.39, 0.29) is 24.2 Å². The molecule has 3 aromatic rings. The average molecular weight is 579 g/mol. The minimum Gasteiger partial charge on any atom is -0.493 e. The Balaban J connectivity index is 1.11. The maximum Gasteiger partial charge on any atom is 0.417 e. The zero-order valence-corrected chi connectivity index (χ0v) is 22.4. The largest absolute Gasteiger partial charge is 0.493 e. The number of nitrogens with zero attached hydrogens (tertiary/aromatic N) is 6. The molecule has 0 amide bonds. The van der Waals surface area contributed by atoms with Crippen molar-refractivity contribution < 1.29 is 27.4 Å². The van der Waals surface area contributed by atoms with Crippen LogP contribution in [0.2, 0.25) is 5.02 Å². The van der Waals surface area contributed by atoms with E-state index in [2.05, 4.69) is 20.1 Å². The fourth-order valence-corrected chi connectivity index (χ4v) is 7.12. The Morgan fingerprint density at radius 3 is 2.52 bits per heavy atom. The van der Waals surface area contributed by atoms with Crippen LogP contribution in [-0.2, 0) is 13.1 Å². The summed E-state index contributed by atoms with van der Waals surface area (Å²) in [5.74, 6) is 2.26. The van der Waals surface area contributed by atoms with Crippen molar-refractivity contribution in [2.24, 2.45) is 5.41 Å². The minimum atomic E-state index is -4.65. The summed E-state index contributed by atoms with van der Waals surface area (Å²) in [6.07, 6.45) is -2.40. The fraction of sp³-hybridized carbons (Fsp3) is 0.519. The number of benzene rings is 1. The first-order valence-electron chi connectivity index (χ1n) is 13.2. The molecule has 212 valence electrons. The highest BCUT2D eigenvalue weighted by molar-refractivity contribution is 6.30. The molecule has 40 heavy (non-hydrogen) atoms. The first-order chi connectivity index (χ1) is 19.0. The van der Waals surface area contributed by atoms with Crippen LogP contribution < -0.4 is 9.64 Å². The van der Waals surface area contributed by atoms with E-state index in [1.54, 1.807) is 6.07 Å². The number of rotatable bonds is 4. The number of aliphatic hydroxyl groups is 1. The number of halogens is 5. The summed E-state index contributed by atoms with van der Waals surface area (Å²) in [5, 5.41) is 19.6. The van der Waals surface area contributed by atoms with E-state index in [1.165, 1.54) is 19.4 Å². The van der Waals surface area contributed by atoms with Gasteiger partial charge in [0.15, 0.2) is 23.0 Å². The molecule has 1 spiro atoms. The molecule has 0 unspecified atom stereocenters. The summed E-state index contributed by atoms with van der Waals surface area (Å²) in [6, 6.07) is 6.45. The second-order valence-electron chi connectivity index (χ2n) is 11.7. The third-order valence-corrected chi connectivity index (χ3v) is 9.28. The lowest BCUT2D eigenvalue weighted by Gasteiger charge is -2.59. The fourth-order valence-electron chi connectivity index (χ4n) is 6.92. The normalized spacial score (nSPS) is 25.9. The highest BCUT2D eigenvalue weighted by Crippen LogP contribution is 2.57. The summed E-state index contributed by atoms with van der Waals surface area (Å²) in [5.41, 5.74) is -0.785. The molecule has 2 saturated carbocycles.